The third kappa shape index (κ3) is 2.11. The normalized spacial score (nSPS) is 26.6. The molecule has 22 heavy (non-hydrogen) atoms. The van der Waals surface area contributed by atoms with Gasteiger partial charge in [-0.25, -0.2) is 4.79 Å². The Labute approximate surface area is 131 Å². The Morgan fingerprint density at radius 1 is 1.09 bits per heavy atom. The molecule has 1 saturated heterocycles. The van der Waals surface area contributed by atoms with Crippen molar-refractivity contribution >= 4 is 17.8 Å². The van der Waals surface area contributed by atoms with Crippen LogP contribution >= 0.6 is 0 Å². The fraction of sp³-hybridized carbons (Fsp3) is 0.529. The van der Waals surface area contributed by atoms with Crippen LogP contribution in [0.1, 0.15) is 46.0 Å². The summed E-state index contributed by atoms with van der Waals surface area (Å²) in [5, 5.41) is 1.24. The third-order valence-corrected chi connectivity index (χ3v) is 4.71. The molecule has 3 amide bonds. The Bertz CT molecular complexity index is 567. The van der Waals surface area contributed by atoms with E-state index in [-0.39, 0.29) is 22.6 Å². The number of rotatable bonds is 3. The van der Waals surface area contributed by atoms with Crippen LogP contribution in [0.3, 0.4) is 0 Å². The summed E-state index contributed by atoms with van der Waals surface area (Å²) in [5.41, 5.74) is 0.715. The van der Waals surface area contributed by atoms with E-state index in [0.717, 1.165) is 25.7 Å². The Morgan fingerprint density at radius 2 is 1.73 bits per heavy atom. The van der Waals surface area contributed by atoms with E-state index in [1.807, 2.05) is 44.2 Å². The van der Waals surface area contributed by atoms with Gasteiger partial charge in [-0.15, -0.1) is 9.55 Å². The second-order valence-corrected chi connectivity index (χ2v) is 6.41. The Balaban J connectivity index is 2.11. The fourth-order valence-electron chi connectivity index (χ4n) is 3.61. The van der Waals surface area contributed by atoms with Crippen LogP contribution < -0.4 is 4.48 Å². The molecule has 0 N–H and O–H groups in total. The predicted molar refractivity (Wildman–Crippen MR) is 84.0 cm³/mol. The number of para-hydroxylation sites is 1. The SMILES string of the molecule is CC(C)N1OC(=O)[N+](c2ccccc2)(C2CCCCC2)C1=O. The van der Waals surface area contributed by atoms with E-state index in [2.05, 4.69) is 0 Å². The van der Waals surface area contributed by atoms with Crippen molar-refractivity contribution in [1.82, 2.24) is 9.55 Å². The maximum absolute atomic E-state index is 13.1. The highest BCUT2D eigenvalue weighted by molar-refractivity contribution is 6.09. The molecule has 1 aromatic carbocycles. The number of hydrogen-bond acceptors (Lipinski definition) is 3. The van der Waals surface area contributed by atoms with E-state index in [0.29, 0.717) is 5.69 Å². The van der Waals surface area contributed by atoms with Gasteiger partial charge in [0.2, 0.25) is 0 Å². The Kier molecular flexibility index (Phi) is 3.91. The number of imide groups is 1. The molecule has 2 fully saturated rings. The largest absolute Gasteiger partial charge is 0.555 e. The summed E-state index contributed by atoms with van der Waals surface area (Å²) in [4.78, 5) is 31.3. The molecule has 3 rings (SSSR count). The summed E-state index contributed by atoms with van der Waals surface area (Å²) in [6.07, 6.45) is 4.57. The van der Waals surface area contributed by atoms with E-state index in [1.165, 1.54) is 11.5 Å². The predicted octanol–water partition coefficient (Wildman–Crippen LogP) is 4.22. The number of urea groups is 1. The average Bonchev–Trinajstić information content (AvgIpc) is 2.81. The van der Waals surface area contributed by atoms with Crippen LogP contribution in [0, 0.1) is 0 Å². The maximum atomic E-state index is 13.1. The first-order valence-corrected chi connectivity index (χ1v) is 8.09. The molecule has 1 atom stereocenters. The highest BCUT2D eigenvalue weighted by Crippen LogP contribution is 2.40. The number of hydrogen-bond donors (Lipinski definition) is 0. The highest BCUT2D eigenvalue weighted by atomic mass is 16.8. The van der Waals surface area contributed by atoms with Crippen molar-refractivity contribution in [2.45, 2.75) is 58.0 Å². The van der Waals surface area contributed by atoms with Gasteiger partial charge in [-0.1, -0.05) is 24.6 Å². The zero-order valence-electron chi connectivity index (χ0n) is 13.2. The molecule has 0 radical (unpaired) electrons. The molecular formula is C17H23N2O3+. The van der Waals surface area contributed by atoms with Crippen LogP contribution in [-0.2, 0) is 4.84 Å². The van der Waals surface area contributed by atoms with Crippen molar-refractivity contribution in [2.24, 2.45) is 0 Å². The second kappa shape index (κ2) is 5.72. The zero-order chi connectivity index (χ0) is 15.7. The molecule has 1 aliphatic heterocycles. The maximum Gasteiger partial charge on any atom is 0.555 e. The summed E-state index contributed by atoms with van der Waals surface area (Å²) >= 11 is 0. The number of hydroxylamine groups is 2. The van der Waals surface area contributed by atoms with Gasteiger partial charge in [0.05, 0.1) is 6.04 Å². The summed E-state index contributed by atoms with van der Waals surface area (Å²) < 4.78 is -0.307. The van der Waals surface area contributed by atoms with Crippen LogP contribution in [0.4, 0.5) is 15.3 Å². The van der Waals surface area contributed by atoms with Gasteiger partial charge in [0.15, 0.2) is 5.69 Å². The lowest BCUT2D eigenvalue weighted by Gasteiger charge is -2.34. The van der Waals surface area contributed by atoms with Crippen molar-refractivity contribution in [3.05, 3.63) is 30.3 Å². The van der Waals surface area contributed by atoms with Crippen LogP contribution in [0.25, 0.3) is 0 Å². The average molecular weight is 303 g/mol. The number of quaternary nitrogens is 1. The lowest BCUT2D eigenvalue weighted by Crippen LogP contribution is -2.62. The summed E-state index contributed by atoms with van der Waals surface area (Å²) in [5.74, 6) is 0. The number of nitrogens with zero attached hydrogens (tertiary/aromatic N) is 2. The van der Waals surface area contributed by atoms with E-state index < -0.39 is 6.09 Å². The molecular weight excluding hydrogens is 280 g/mol. The van der Waals surface area contributed by atoms with E-state index in [9.17, 15) is 9.59 Å². The van der Waals surface area contributed by atoms with Gasteiger partial charge in [-0.3, -0.25) is 4.84 Å². The number of carbonyl (C=O) groups excluding carboxylic acids is 2. The summed E-state index contributed by atoms with van der Waals surface area (Å²) in [7, 11) is 0. The quantitative estimate of drug-likeness (QED) is 0.785. The van der Waals surface area contributed by atoms with Crippen molar-refractivity contribution in [3.63, 3.8) is 0 Å². The van der Waals surface area contributed by atoms with Gasteiger partial charge in [-0.05, 0) is 26.7 Å². The lowest BCUT2D eigenvalue weighted by molar-refractivity contribution is -0.0509. The molecule has 1 heterocycles. The summed E-state index contributed by atoms with van der Waals surface area (Å²) in [6, 6.07) is 8.91. The zero-order valence-corrected chi connectivity index (χ0v) is 13.2. The van der Waals surface area contributed by atoms with Gasteiger partial charge in [0.25, 0.3) is 0 Å². The first-order valence-electron chi connectivity index (χ1n) is 8.09. The molecule has 1 aromatic rings. The molecule has 118 valence electrons. The molecule has 1 unspecified atom stereocenters. The highest BCUT2D eigenvalue weighted by Gasteiger charge is 2.64. The minimum atomic E-state index is -0.461. The fourth-order valence-corrected chi connectivity index (χ4v) is 3.61. The minimum absolute atomic E-state index is 0.0279. The first kappa shape index (κ1) is 15.0. The standard InChI is InChI=1S/C17H23N2O3/c1-13(2)18-16(20)19(17(21)22-18,14-9-5-3-6-10-14)15-11-7-4-8-12-15/h3,5-6,9-10,13,15H,4,7-8,11-12H2,1-2H3/q+1. The third-order valence-electron chi connectivity index (χ3n) is 4.71. The number of benzene rings is 1. The van der Waals surface area contributed by atoms with Crippen molar-refractivity contribution < 1.29 is 14.4 Å². The molecule has 5 heteroatoms. The molecule has 0 aromatic heterocycles. The molecule has 0 spiro atoms. The Morgan fingerprint density at radius 3 is 2.27 bits per heavy atom. The van der Waals surface area contributed by atoms with Crippen LogP contribution in [0.15, 0.2) is 30.3 Å². The van der Waals surface area contributed by atoms with Crippen molar-refractivity contribution in [2.75, 3.05) is 0 Å². The van der Waals surface area contributed by atoms with E-state index in [1.54, 1.807) is 0 Å². The van der Waals surface area contributed by atoms with E-state index in [4.69, 9.17) is 4.84 Å². The molecule has 1 saturated carbocycles. The van der Waals surface area contributed by atoms with Crippen LogP contribution in [0.5, 0.6) is 0 Å². The van der Waals surface area contributed by atoms with Crippen LogP contribution in [0.2, 0.25) is 0 Å². The van der Waals surface area contributed by atoms with Gasteiger partial charge >= 0.3 is 12.1 Å². The minimum Gasteiger partial charge on any atom is -0.283 e. The Hall–Kier alpha value is -1.88. The topological polar surface area (TPSA) is 46.6 Å². The molecule has 2 aliphatic rings. The van der Waals surface area contributed by atoms with E-state index >= 15 is 0 Å². The lowest BCUT2D eigenvalue weighted by atomic mass is 9.92. The number of amides is 3. The summed E-state index contributed by atoms with van der Waals surface area (Å²) in [6.45, 7) is 3.72. The van der Waals surface area contributed by atoms with Gasteiger partial charge < -0.3 is 0 Å². The van der Waals surface area contributed by atoms with Crippen molar-refractivity contribution in [3.8, 4) is 0 Å². The van der Waals surface area contributed by atoms with Gasteiger partial charge in [0, 0.05) is 25.0 Å². The number of carbonyl (C=O) groups is 2. The smallest absolute Gasteiger partial charge is 0.283 e. The molecule has 0 bridgehead atoms. The molecule has 1 aliphatic carbocycles. The monoisotopic (exact) mass is 303 g/mol. The van der Waals surface area contributed by atoms with Crippen LogP contribution in [-0.4, -0.2) is 29.3 Å². The second-order valence-electron chi connectivity index (χ2n) is 6.41. The first-order chi connectivity index (χ1) is 10.6. The van der Waals surface area contributed by atoms with Gasteiger partial charge in [0.1, 0.15) is 6.04 Å². The van der Waals surface area contributed by atoms with Crippen molar-refractivity contribution in [1.29, 1.82) is 0 Å². The molecule has 5 nitrogen and oxygen atoms in total. The van der Waals surface area contributed by atoms with Gasteiger partial charge in [-0.2, -0.15) is 4.79 Å².